The first-order chi connectivity index (χ1) is 20.3. The molecule has 0 saturated heterocycles. The maximum atomic E-state index is 12.7. The molecule has 0 bridgehead atoms. The van der Waals surface area contributed by atoms with Crippen molar-refractivity contribution in [3.05, 3.63) is 0 Å². The molecule has 0 aromatic rings. The van der Waals surface area contributed by atoms with Gasteiger partial charge in [0.2, 0.25) is 11.8 Å². The Morgan fingerprint density at radius 3 is 1.66 bits per heavy atom. The van der Waals surface area contributed by atoms with Crippen molar-refractivity contribution in [2.75, 3.05) is 32.2 Å². The van der Waals surface area contributed by atoms with E-state index in [4.69, 9.17) is 9.47 Å². The highest BCUT2D eigenvalue weighted by atomic mass is 32.2. The van der Waals surface area contributed by atoms with Crippen molar-refractivity contribution >= 4 is 35.6 Å². The number of terminal acetylenes is 1. The van der Waals surface area contributed by atoms with E-state index in [-0.39, 0.29) is 36.1 Å². The SMILES string of the molecule is C#C.CC.CC(C)C.CCSC.COC(=O)[C@H](CC(C)C)NC(=O)CNC(=O)C(CC(C)CNC(=O)OC(C)(C)C)C(C)C. The molecule has 3 amide bonds. The highest BCUT2D eigenvalue weighted by Crippen LogP contribution is 2.20. The van der Waals surface area contributed by atoms with Gasteiger partial charge in [-0.2, -0.15) is 11.8 Å². The molecule has 3 atom stereocenters. The van der Waals surface area contributed by atoms with Crippen LogP contribution in [0.25, 0.3) is 0 Å². The Morgan fingerprint density at radius 2 is 1.32 bits per heavy atom. The molecule has 0 rings (SSSR count). The van der Waals surface area contributed by atoms with Crippen molar-refractivity contribution in [1.29, 1.82) is 0 Å². The monoisotopic (exact) mass is 647 g/mol. The number of thioether (sulfide) groups is 1. The smallest absolute Gasteiger partial charge is 0.407 e. The lowest BCUT2D eigenvalue weighted by Crippen LogP contribution is -2.47. The van der Waals surface area contributed by atoms with E-state index < -0.39 is 29.6 Å². The molecule has 0 aliphatic heterocycles. The van der Waals surface area contributed by atoms with Crippen molar-refractivity contribution in [3.63, 3.8) is 0 Å². The molecule has 0 saturated carbocycles. The van der Waals surface area contributed by atoms with E-state index in [9.17, 15) is 19.2 Å². The Kier molecular flexibility index (Phi) is 37.2. The number of carbonyl (C=O) groups excluding carboxylic acids is 4. The predicted molar refractivity (Wildman–Crippen MR) is 189 cm³/mol. The number of hydrogen-bond acceptors (Lipinski definition) is 7. The zero-order valence-electron chi connectivity index (χ0n) is 31.0. The lowest BCUT2D eigenvalue weighted by atomic mass is 9.86. The number of hydrogen-bond donors (Lipinski definition) is 3. The molecule has 9 nitrogen and oxygen atoms in total. The van der Waals surface area contributed by atoms with Crippen molar-refractivity contribution in [2.24, 2.45) is 29.6 Å². The van der Waals surface area contributed by atoms with Gasteiger partial charge >= 0.3 is 12.1 Å². The second-order valence-electron chi connectivity index (χ2n) is 12.4. The van der Waals surface area contributed by atoms with Gasteiger partial charge in [-0.1, -0.05) is 76.2 Å². The van der Waals surface area contributed by atoms with Gasteiger partial charge in [0.1, 0.15) is 11.6 Å². The minimum absolute atomic E-state index is 0.0317. The first-order valence-corrected chi connectivity index (χ1v) is 17.1. The topological polar surface area (TPSA) is 123 Å². The summed E-state index contributed by atoms with van der Waals surface area (Å²) >= 11 is 1.86. The van der Waals surface area contributed by atoms with Crippen LogP contribution < -0.4 is 16.0 Å². The van der Waals surface area contributed by atoms with E-state index in [0.29, 0.717) is 19.4 Å². The molecule has 0 aromatic heterocycles. The minimum atomic E-state index is -0.746. The normalized spacial score (nSPS) is 12.1. The van der Waals surface area contributed by atoms with Crippen molar-refractivity contribution < 1.29 is 28.7 Å². The van der Waals surface area contributed by atoms with Crippen LogP contribution in [0, 0.1) is 42.4 Å². The molecule has 0 radical (unpaired) electrons. The minimum Gasteiger partial charge on any atom is -0.467 e. The molecule has 0 aromatic carbocycles. The number of amides is 3. The summed E-state index contributed by atoms with van der Waals surface area (Å²) in [5.41, 5.74) is -0.573. The van der Waals surface area contributed by atoms with Gasteiger partial charge < -0.3 is 25.4 Å². The maximum absolute atomic E-state index is 12.7. The van der Waals surface area contributed by atoms with Crippen molar-refractivity contribution in [2.45, 2.75) is 121 Å². The fourth-order valence-electron chi connectivity index (χ4n) is 3.14. The lowest BCUT2D eigenvalue weighted by molar-refractivity contribution is -0.145. The first kappa shape index (κ1) is 51.2. The average molecular weight is 648 g/mol. The molecular formula is C34H69N3O6S. The third kappa shape index (κ3) is 37.6. The second-order valence-corrected chi connectivity index (χ2v) is 13.5. The summed E-state index contributed by atoms with van der Waals surface area (Å²) in [5.74, 6) is 0.814. The van der Waals surface area contributed by atoms with Crippen LogP contribution in [-0.2, 0) is 23.9 Å². The van der Waals surface area contributed by atoms with Crippen LogP contribution in [-0.4, -0.2) is 67.7 Å². The summed E-state index contributed by atoms with van der Waals surface area (Å²) in [6.07, 6.45) is 10.6. The van der Waals surface area contributed by atoms with E-state index in [2.05, 4.69) is 62.7 Å². The molecule has 262 valence electrons. The predicted octanol–water partition coefficient (Wildman–Crippen LogP) is 6.94. The zero-order chi connectivity index (χ0) is 36.1. The molecule has 0 fully saturated rings. The lowest BCUT2D eigenvalue weighted by Gasteiger charge is -2.25. The van der Waals surface area contributed by atoms with Gasteiger partial charge in [0.05, 0.1) is 13.7 Å². The molecule has 3 N–H and O–H groups in total. The van der Waals surface area contributed by atoms with Crippen LogP contribution in [0.2, 0.25) is 0 Å². The molecule has 44 heavy (non-hydrogen) atoms. The Labute approximate surface area is 275 Å². The summed E-state index contributed by atoms with van der Waals surface area (Å²) in [7, 11) is 1.27. The Balaban J connectivity index is -0.000000362. The Hall–Kier alpha value is -2.41. The van der Waals surface area contributed by atoms with E-state index >= 15 is 0 Å². The van der Waals surface area contributed by atoms with Crippen LogP contribution in [0.3, 0.4) is 0 Å². The van der Waals surface area contributed by atoms with Gasteiger partial charge in [-0.15, -0.1) is 12.8 Å². The molecule has 0 spiro atoms. The number of methoxy groups -OCH3 is 1. The number of nitrogens with one attached hydrogen (secondary N) is 3. The highest BCUT2D eigenvalue weighted by Gasteiger charge is 2.27. The van der Waals surface area contributed by atoms with E-state index in [0.717, 1.165) is 5.92 Å². The van der Waals surface area contributed by atoms with E-state index in [1.165, 1.54) is 12.9 Å². The number of esters is 1. The average Bonchev–Trinajstić information content (AvgIpc) is 2.93. The van der Waals surface area contributed by atoms with Crippen LogP contribution in [0.1, 0.15) is 110 Å². The van der Waals surface area contributed by atoms with Crippen LogP contribution in [0.5, 0.6) is 0 Å². The largest absolute Gasteiger partial charge is 0.467 e. The molecule has 0 aliphatic rings. The Bertz CT molecular complexity index is 744. The number of rotatable bonds is 13. The number of alkyl carbamates (subject to hydrolysis) is 1. The quantitative estimate of drug-likeness (QED) is 0.146. The van der Waals surface area contributed by atoms with Crippen molar-refractivity contribution in [3.8, 4) is 12.8 Å². The van der Waals surface area contributed by atoms with Crippen molar-refractivity contribution in [1.82, 2.24) is 16.0 Å². The van der Waals surface area contributed by atoms with Gasteiger partial charge in [-0.05, 0) is 69.3 Å². The zero-order valence-corrected chi connectivity index (χ0v) is 31.8. The van der Waals surface area contributed by atoms with Gasteiger partial charge in [0.25, 0.3) is 0 Å². The molecule has 0 heterocycles. The van der Waals surface area contributed by atoms with Crippen LogP contribution in [0.15, 0.2) is 0 Å². The van der Waals surface area contributed by atoms with E-state index in [1.807, 2.05) is 60.2 Å². The Morgan fingerprint density at radius 1 is 0.864 bits per heavy atom. The van der Waals surface area contributed by atoms with Crippen LogP contribution in [0.4, 0.5) is 4.79 Å². The molecular weight excluding hydrogens is 578 g/mol. The van der Waals surface area contributed by atoms with Gasteiger partial charge in [-0.25, -0.2) is 9.59 Å². The first-order valence-electron chi connectivity index (χ1n) is 15.7. The van der Waals surface area contributed by atoms with E-state index in [1.54, 1.807) is 20.8 Å². The van der Waals surface area contributed by atoms with Crippen LogP contribution >= 0.6 is 11.8 Å². The third-order valence-corrected chi connectivity index (χ3v) is 5.61. The van der Waals surface area contributed by atoms with Gasteiger partial charge in [0, 0.05) is 12.5 Å². The summed E-state index contributed by atoms with van der Waals surface area (Å²) < 4.78 is 9.97. The number of carbonyl (C=O) groups is 4. The van der Waals surface area contributed by atoms with Gasteiger partial charge in [0.15, 0.2) is 0 Å². The maximum Gasteiger partial charge on any atom is 0.407 e. The third-order valence-electron chi connectivity index (χ3n) is 5.03. The molecule has 2 unspecified atom stereocenters. The second kappa shape index (κ2) is 32.0. The number of ether oxygens (including phenoxy) is 2. The summed E-state index contributed by atoms with van der Waals surface area (Å²) in [6, 6.07) is -0.746. The van der Waals surface area contributed by atoms with Gasteiger partial charge in [-0.3, -0.25) is 9.59 Å². The standard InChI is InChI=1S/C23H43N3O6.C4H10.C3H8S.C2H6.C2H2/c1-14(2)10-18(21(29)31-9)26-19(27)13-24-20(28)17(15(3)4)11-16(5)12-25-22(30)32-23(6,7)8;1-4(2)3;1-3-4-2;2*1-2/h14-18H,10-13H2,1-9H3,(H,24,28)(H,25,30)(H,26,27);4H,1-3H3;3H2,1-2H3;1-2H3;1-2H/t16?,17?,18-;;;;/m0..../s1. The fourth-order valence-corrected chi connectivity index (χ4v) is 3.14. The highest BCUT2D eigenvalue weighted by molar-refractivity contribution is 7.98. The summed E-state index contributed by atoms with van der Waals surface area (Å²) in [5, 5.41) is 8.02. The summed E-state index contributed by atoms with van der Waals surface area (Å²) in [4.78, 5) is 48.7. The fraction of sp³-hybridized carbons (Fsp3) is 0.824. The molecule has 10 heteroatoms. The summed E-state index contributed by atoms with van der Waals surface area (Å²) in [6.45, 7) is 27.9. The molecule has 0 aliphatic carbocycles.